The first-order chi connectivity index (χ1) is 12.7. The van der Waals surface area contributed by atoms with Crippen LogP contribution in [0.2, 0.25) is 0 Å². The molecule has 136 valence electrons. The zero-order valence-corrected chi connectivity index (χ0v) is 14.5. The molecule has 0 bridgehead atoms. The number of rotatable bonds is 4. The lowest BCUT2D eigenvalue weighted by atomic mass is 9.78. The fourth-order valence-electron chi connectivity index (χ4n) is 3.95. The molecular weight excluding hydrogens is 333 g/mol. The molecule has 2 aromatic carbocycles. The highest BCUT2D eigenvalue weighted by Crippen LogP contribution is 2.41. The highest BCUT2D eigenvalue weighted by Gasteiger charge is 2.43. The van der Waals surface area contributed by atoms with Crippen LogP contribution in [-0.2, 0) is 10.2 Å². The minimum absolute atomic E-state index is 0.0527. The maximum atomic E-state index is 13.7. The van der Waals surface area contributed by atoms with E-state index in [1.807, 2.05) is 30.3 Å². The lowest BCUT2D eigenvalue weighted by Gasteiger charge is -2.31. The minimum Gasteiger partial charge on any atom is -0.486 e. The van der Waals surface area contributed by atoms with Crippen LogP contribution >= 0.6 is 0 Å². The van der Waals surface area contributed by atoms with E-state index in [-0.39, 0.29) is 17.8 Å². The van der Waals surface area contributed by atoms with E-state index in [1.165, 1.54) is 12.1 Å². The van der Waals surface area contributed by atoms with Gasteiger partial charge >= 0.3 is 0 Å². The average molecular weight is 355 g/mol. The number of amides is 1. The molecule has 1 atom stereocenters. The van der Waals surface area contributed by atoms with Gasteiger partial charge in [0.15, 0.2) is 11.5 Å². The van der Waals surface area contributed by atoms with Gasteiger partial charge in [-0.05, 0) is 42.7 Å². The molecule has 26 heavy (non-hydrogen) atoms. The lowest BCUT2D eigenvalue weighted by Crippen LogP contribution is -2.47. The second-order valence-corrected chi connectivity index (χ2v) is 7.01. The molecule has 1 heterocycles. The van der Waals surface area contributed by atoms with Crippen molar-refractivity contribution in [3.63, 3.8) is 0 Å². The van der Waals surface area contributed by atoms with E-state index in [9.17, 15) is 9.18 Å². The summed E-state index contributed by atoms with van der Waals surface area (Å²) in [6.45, 7) is 0.758. The van der Waals surface area contributed by atoms with E-state index < -0.39 is 5.41 Å². The Kier molecular flexibility index (Phi) is 4.53. The molecule has 2 aromatic rings. The van der Waals surface area contributed by atoms with E-state index in [1.54, 1.807) is 6.07 Å². The molecule has 1 amide bonds. The maximum absolute atomic E-state index is 13.7. The molecular formula is C21H22FNO3. The number of fused-ring (bicyclic) bond motifs is 1. The zero-order valence-electron chi connectivity index (χ0n) is 14.5. The largest absolute Gasteiger partial charge is 0.486 e. The number of nitrogens with one attached hydrogen (secondary N) is 1. The molecule has 4 rings (SSSR count). The molecule has 0 saturated heterocycles. The Morgan fingerprint density at radius 2 is 1.88 bits per heavy atom. The summed E-state index contributed by atoms with van der Waals surface area (Å²) < 4.78 is 25.3. The molecule has 1 fully saturated rings. The van der Waals surface area contributed by atoms with Gasteiger partial charge in [-0.2, -0.15) is 0 Å². The summed E-state index contributed by atoms with van der Waals surface area (Å²) in [5, 5.41) is 3.02. The van der Waals surface area contributed by atoms with Crippen molar-refractivity contribution in [2.75, 3.05) is 13.2 Å². The number of benzene rings is 2. The Bertz CT molecular complexity index is 801. The average Bonchev–Trinajstić information content (AvgIpc) is 3.17. The van der Waals surface area contributed by atoms with Gasteiger partial charge in [0.05, 0.1) is 12.0 Å². The van der Waals surface area contributed by atoms with Crippen LogP contribution in [0, 0.1) is 5.82 Å². The molecule has 0 radical (unpaired) electrons. The van der Waals surface area contributed by atoms with Gasteiger partial charge in [-0.1, -0.05) is 37.1 Å². The predicted molar refractivity (Wildman–Crippen MR) is 95.9 cm³/mol. The van der Waals surface area contributed by atoms with Crippen LogP contribution in [0.25, 0.3) is 0 Å². The van der Waals surface area contributed by atoms with E-state index in [2.05, 4.69) is 5.32 Å². The number of hydrogen-bond donors (Lipinski definition) is 1. The van der Waals surface area contributed by atoms with Crippen LogP contribution < -0.4 is 14.8 Å². The lowest BCUT2D eigenvalue weighted by molar-refractivity contribution is -0.127. The molecule has 0 unspecified atom stereocenters. The van der Waals surface area contributed by atoms with Gasteiger partial charge in [-0.25, -0.2) is 4.39 Å². The van der Waals surface area contributed by atoms with E-state index in [0.717, 1.165) is 37.0 Å². The molecule has 1 aliphatic carbocycles. The number of carbonyl (C=O) groups excluding carboxylic acids is 1. The van der Waals surface area contributed by atoms with Crippen molar-refractivity contribution in [1.29, 1.82) is 0 Å². The maximum Gasteiger partial charge on any atom is 0.230 e. The zero-order chi connectivity index (χ0) is 18.0. The number of carbonyl (C=O) groups is 1. The normalized spacial score (nSPS) is 20.6. The van der Waals surface area contributed by atoms with Crippen LogP contribution in [0.5, 0.6) is 11.5 Å². The van der Waals surface area contributed by atoms with Crippen LogP contribution in [0.15, 0.2) is 48.5 Å². The molecule has 1 aliphatic heterocycles. The molecule has 1 N–H and O–H groups in total. The molecule has 4 nitrogen and oxygen atoms in total. The third-order valence-electron chi connectivity index (χ3n) is 5.33. The first-order valence-electron chi connectivity index (χ1n) is 9.10. The summed E-state index contributed by atoms with van der Waals surface area (Å²) in [6, 6.07) is 13.9. The van der Waals surface area contributed by atoms with Crippen molar-refractivity contribution < 1.29 is 18.7 Å². The topological polar surface area (TPSA) is 47.6 Å². The van der Waals surface area contributed by atoms with Gasteiger partial charge < -0.3 is 14.8 Å². The second-order valence-electron chi connectivity index (χ2n) is 7.01. The van der Waals surface area contributed by atoms with Gasteiger partial charge in [-0.3, -0.25) is 4.79 Å². The summed E-state index contributed by atoms with van der Waals surface area (Å²) in [4.78, 5) is 13.0. The Hall–Kier alpha value is -2.56. The summed E-state index contributed by atoms with van der Waals surface area (Å²) >= 11 is 0. The summed E-state index contributed by atoms with van der Waals surface area (Å²) in [5.41, 5.74) is 0.119. The van der Waals surface area contributed by atoms with Crippen molar-refractivity contribution in [2.24, 2.45) is 0 Å². The Balaban J connectivity index is 1.45. The fourth-order valence-corrected chi connectivity index (χ4v) is 3.95. The Morgan fingerprint density at radius 3 is 2.65 bits per heavy atom. The van der Waals surface area contributed by atoms with E-state index in [0.29, 0.717) is 18.9 Å². The van der Waals surface area contributed by atoms with Gasteiger partial charge in [0.2, 0.25) is 5.91 Å². The fraction of sp³-hybridized carbons (Fsp3) is 0.381. The summed E-state index contributed by atoms with van der Waals surface area (Å²) in [6.07, 6.45) is 3.20. The van der Waals surface area contributed by atoms with Crippen LogP contribution in [0.1, 0.15) is 31.2 Å². The number of para-hydroxylation sites is 2. The highest BCUT2D eigenvalue weighted by molar-refractivity contribution is 5.88. The predicted octanol–water partition coefficient (Wildman–Crippen LogP) is 3.59. The summed E-state index contributed by atoms with van der Waals surface area (Å²) in [5.74, 6) is 1.06. The molecule has 2 aliphatic rings. The number of halogens is 1. The molecule has 0 aromatic heterocycles. The Morgan fingerprint density at radius 1 is 1.12 bits per heavy atom. The first-order valence-corrected chi connectivity index (χ1v) is 9.10. The molecule has 5 heteroatoms. The van der Waals surface area contributed by atoms with E-state index >= 15 is 0 Å². The van der Waals surface area contributed by atoms with Gasteiger partial charge in [-0.15, -0.1) is 0 Å². The van der Waals surface area contributed by atoms with Crippen molar-refractivity contribution in [1.82, 2.24) is 5.32 Å². The number of ether oxygens (including phenoxy) is 2. The van der Waals surface area contributed by atoms with Crippen molar-refractivity contribution in [2.45, 2.75) is 37.2 Å². The van der Waals surface area contributed by atoms with Crippen molar-refractivity contribution >= 4 is 5.91 Å². The smallest absolute Gasteiger partial charge is 0.230 e. The van der Waals surface area contributed by atoms with Crippen molar-refractivity contribution in [3.05, 3.63) is 59.9 Å². The van der Waals surface area contributed by atoms with Crippen molar-refractivity contribution in [3.8, 4) is 11.5 Å². The standard InChI is InChI=1S/C21H22FNO3/c22-16-7-5-6-15(12-16)21(10-3-4-11-21)20(24)23-13-17-14-25-18-8-1-2-9-19(18)26-17/h1-2,5-9,12,17H,3-4,10-11,13-14H2,(H,23,24)/t17-/m0/s1. The third-order valence-corrected chi connectivity index (χ3v) is 5.33. The van der Waals surface area contributed by atoms with Crippen LogP contribution in [0.3, 0.4) is 0 Å². The highest BCUT2D eigenvalue weighted by atomic mass is 19.1. The third kappa shape index (κ3) is 3.14. The second kappa shape index (κ2) is 6.98. The monoisotopic (exact) mass is 355 g/mol. The molecule has 0 spiro atoms. The SMILES string of the molecule is O=C(NC[C@H]1COc2ccccc2O1)C1(c2cccc(F)c2)CCCC1. The summed E-state index contributed by atoms with van der Waals surface area (Å²) in [7, 11) is 0. The van der Waals surface area contributed by atoms with Crippen LogP contribution in [-0.4, -0.2) is 25.2 Å². The van der Waals surface area contributed by atoms with Crippen LogP contribution in [0.4, 0.5) is 4.39 Å². The quantitative estimate of drug-likeness (QED) is 0.912. The number of hydrogen-bond acceptors (Lipinski definition) is 3. The van der Waals surface area contributed by atoms with Gasteiger partial charge in [0, 0.05) is 0 Å². The van der Waals surface area contributed by atoms with Gasteiger partial charge in [0.25, 0.3) is 0 Å². The van der Waals surface area contributed by atoms with E-state index in [4.69, 9.17) is 9.47 Å². The Labute approximate surface area is 152 Å². The minimum atomic E-state index is -0.643. The van der Waals surface area contributed by atoms with Gasteiger partial charge in [0.1, 0.15) is 18.5 Å². The first kappa shape index (κ1) is 16.9. The molecule has 1 saturated carbocycles.